The lowest BCUT2D eigenvalue weighted by atomic mass is 9.92. The Bertz CT molecular complexity index is 4010. The van der Waals surface area contributed by atoms with Gasteiger partial charge >= 0.3 is 0 Å². The van der Waals surface area contributed by atoms with Gasteiger partial charge in [0.1, 0.15) is 0 Å². The molecule has 0 N–H and O–H groups in total. The monoisotopic (exact) mass is 896 g/mol. The average molecular weight is 897 g/mol. The van der Waals surface area contributed by atoms with Gasteiger partial charge in [0.05, 0.1) is 0 Å². The number of thiophene rings is 2. The van der Waals surface area contributed by atoms with Gasteiger partial charge in [0, 0.05) is 56.3 Å². The lowest BCUT2D eigenvalue weighted by Crippen LogP contribution is -2.72. The Morgan fingerprint density at radius 3 is 1.29 bits per heavy atom. The van der Waals surface area contributed by atoms with Crippen LogP contribution < -0.4 is 36.7 Å². The summed E-state index contributed by atoms with van der Waals surface area (Å²) in [4.78, 5) is 0. The molecule has 0 saturated carbocycles. The minimum Gasteiger partial charge on any atom is -0.309 e. The van der Waals surface area contributed by atoms with Crippen molar-refractivity contribution in [2.75, 3.05) is 0 Å². The van der Waals surface area contributed by atoms with Crippen LogP contribution in [-0.2, 0) is 4.57 Å². The Morgan fingerprint density at radius 1 is 0.292 bits per heavy atom. The molecule has 0 bridgehead atoms. The molecule has 0 fully saturated rings. The van der Waals surface area contributed by atoms with E-state index in [2.05, 4.69) is 224 Å². The van der Waals surface area contributed by atoms with Crippen LogP contribution in [0.5, 0.6) is 0 Å². The van der Waals surface area contributed by atoms with E-state index in [4.69, 9.17) is 0 Å². The second-order valence-corrected chi connectivity index (χ2v) is 26.1. The number of rotatable bonds is 5. The van der Waals surface area contributed by atoms with Crippen molar-refractivity contribution in [3.05, 3.63) is 224 Å². The van der Waals surface area contributed by atoms with Crippen molar-refractivity contribution in [2.24, 2.45) is 0 Å². The molecule has 2 aromatic heterocycles. The van der Waals surface area contributed by atoms with E-state index in [0.717, 1.165) is 32.1 Å². The Kier molecular flexibility index (Phi) is 8.09. The fraction of sp³-hybridized carbons (Fsp3) is 0. The molecule has 0 radical (unpaired) electrons. The maximum Gasteiger partial charge on any atom is 0.180 e. The van der Waals surface area contributed by atoms with E-state index < -0.39 is 15.2 Å². The predicted molar refractivity (Wildman–Crippen MR) is 287 cm³/mol. The molecule has 0 atom stereocenters. The first-order valence-electron chi connectivity index (χ1n) is 22.2. The smallest absolute Gasteiger partial charge is 0.180 e. The molecule has 65 heavy (non-hydrogen) atoms. The maximum absolute atomic E-state index is 17.0. The molecule has 0 amide bonds. The van der Waals surface area contributed by atoms with E-state index in [1.54, 1.807) is 22.7 Å². The highest BCUT2D eigenvalue weighted by Crippen LogP contribution is 2.48. The lowest BCUT2D eigenvalue weighted by molar-refractivity contribution is 0.592. The topological polar surface area (TPSA) is 17.1 Å². The van der Waals surface area contributed by atoms with Gasteiger partial charge in [-0.3, -0.25) is 0 Å². The van der Waals surface area contributed by atoms with Crippen molar-refractivity contribution in [3.8, 4) is 11.1 Å². The number of hydrogen-bond donors (Lipinski definition) is 0. The third-order valence-corrected chi connectivity index (χ3v) is 24.4. The Morgan fingerprint density at radius 2 is 0.708 bits per heavy atom. The minimum absolute atomic E-state index is 0.845. The van der Waals surface area contributed by atoms with E-state index >= 15 is 4.57 Å². The zero-order chi connectivity index (χ0) is 42.9. The molecule has 1 aliphatic heterocycles. The summed E-state index contributed by atoms with van der Waals surface area (Å²) in [5, 5.41) is 20.0. The van der Waals surface area contributed by atoms with Crippen molar-refractivity contribution < 1.29 is 4.57 Å². The standard InChI is InChI=1S/C60H37OPS2Si/c61-62(39-28-31-57-52(34-39)46-21-9-12-24-55(46)63-57,40-29-32-58-53(35-40)47-22-10-13-25-56(47)64-58)38-27-30-45-49(33-38)43-19-7-8-20-44(43)50-36-54-48-23-11-14-26-59(48)65(60(54)37-51(45)50,41-15-3-1-4-16-41)42-17-5-2-6-18-42/h1-37H. The van der Waals surface area contributed by atoms with Crippen LogP contribution in [0.3, 0.4) is 0 Å². The minimum atomic E-state index is -3.47. The predicted octanol–water partition coefficient (Wildman–Crippen LogP) is 12.9. The van der Waals surface area contributed by atoms with Crippen LogP contribution in [-0.4, -0.2) is 8.07 Å². The Labute approximate surface area is 384 Å². The van der Waals surface area contributed by atoms with Gasteiger partial charge < -0.3 is 4.57 Å². The number of hydrogen-bond acceptors (Lipinski definition) is 3. The highest BCUT2D eigenvalue weighted by molar-refractivity contribution is 7.85. The second kappa shape index (κ2) is 14.0. The normalized spacial score (nSPS) is 13.4. The van der Waals surface area contributed by atoms with Crippen LogP contribution >= 0.6 is 29.8 Å². The van der Waals surface area contributed by atoms with E-state index in [1.165, 1.54) is 88.4 Å². The molecule has 5 heteroatoms. The van der Waals surface area contributed by atoms with E-state index in [9.17, 15) is 0 Å². The summed E-state index contributed by atoms with van der Waals surface area (Å²) in [6.07, 6.45) is 0. The number of benzene rings is 11. The molecule has 304 valence electrons. The van der Waals surface area contributed by atoms with E-state index in [-0.39, 0.29) is 0 Å². The van der Waals surface area contributed by atoms with Gasteiger partial charge in [0.25, 0.3) is 0 Å². The van der Waals surface area contributed by atoms with Crippen LogP contribution in [0.1, 0.15) is 0 Å². The first-order chi connectivity index (χ1) is 32.1. The van der Waals surface area contributed by atoms with Gasteiger partial charge in [-0.2, -0.15) is 0 Å². The summed E-state index contributed by atoms with van der Waals surface area (Å²) in [5.74, 6) is 0. The van der Waals surface area contributed by atoms with Crippen molar-refractivity contribution >= 4 is 147 Å². The van der Waals surface area contributed by atoms with Gasteiger partial charge in [-0.05, 0) is 125 Å². The molecule has 0 unspecified atom stereocenters. The van der Waals surface area contributed by atoms with Gasteiger partial charge in [-0.1, -0.05) is 164 Å². The molecule has 0 aliphatic carbocycles. The molecular formula is C60H37OPS2Si. The molecule has 3 heterocycles. The maximum atomic E-state index is 17.0. The molecule has 1 aliphatic rings. The van der Waals surface area contributed by atoms with Gasteiger partial charge in [-0.25, -0.2) is 0 Å². The summed E-state index contributed by atoms with van der Waals surface area (Å²) in [6, 6.07) is 82.6. The first-order valence-corrected chi connectivity index (χ1v) is 27.5. The van der Waals surface area contributed by atoms with Gasteiger partial charge in [0.2, 0.25) is 0 Å². The molecule has 11 aromatic carbocycles. The van der Waals surface area contributed by atoms with Crippen LogP contribution in [0.25, 0.3) is 83.8 Å². The van der Waals surface area contributed by atoms with Crippen molar-refractivity contribution in [1.29, 1.82) is 0 Å². The summed E-state index contributed by atoms with van der Waals surface area (Å²) < 4.78 is 21.8. The van der Waals surface area contributed by atoms with Crippen LogP contribution in [0.2, 0.25) is 0 Å². The third kappa shape index (κ3) is 5.22. The van der Waals surface area contributed by atoms with Crippen molar-refractivity contribution in [3.63, 3.8) is 0 Å². The van der Waals surface area contributed by atoms with E-state index in [1.807, 2.05) is 0 Å². The molecular weight excluding hydrogens is 860 g/mol. The largest absolute Gasteiger partial charge is 0.309 e. The third-order valence-electron chi connectivity index (χ3n) is 14.2. The van der Waals surface area contributed by atoms with Crippen LogP contribution in [0.4, 0.5) is 0 Å². The van der Waals surface area contributed by atoms with Crippen LogP contribution in [0, 0.1) is 0 Å². The lowest BCUT2D eigenvalue weighted by Gasteiger charge is -2.31. The van der Waals surface area contributed by atoms with E-state index in [0.29, 0.717) is 0 Å². The fourth-order valence-corrected chi connectivity index (χ4v) is 21.4. The molecule has 13 aromatic rings. The van der Waals surface area contributed by atoms with Gasteiger partial charge in [-0.15, -0.1) is 22.7 Å². The SMILES string of the molecule is O=P(c1ccc2sc3ccccc3c2c1)(c1ccc2sc3ccccc3c2c1)c1ccc2c(c1)c1ccccc1c1cc3c(cc21)[Si](c1ccccc1)(c1ccccc1)c1ccccc1-3. The Hall–Kier alpha value is -6.91. The summed E-state index contributed by atoms with van der Waals surface area (Å²) in [6.45, 7) is 0. The summed E-state index contributed by atoms with van der Waals surface area (Å²) in [7, 11) is -6.22. The van der Waals surface area contributed by atoms with Crippen molar-refractivity contribution in [1.82, 2.24) is 0 Å². The second-order valence-electron chi connectivity index (χ2n) is 17.4. The average Bonchev–Trinajstić information content (AvgIpc) is 4.04. The fourth-order valence-electron chi connectivity index (χ4n) is 11.3. The van der Waals surface area contributed by atoms with Gasteiger partial charge in [0.15, 0.2) is 15.2 Å². The summed E-state index contributed by atoms with van der Waals surface area (Å²) in [5.41, 5.74) is 2.65. The summed E-state index contributed by atoms with van der Waals surface area (Å²) >= 11 is 3.59. The highest BCUT2D eigenvalue weighted by Gasteiger charge is 2.48. The first kappa shape index (κ1) is 37.5. The Balaban J connectivity index is 1.07. The quantitative estimate of drug-likeness (QED) is 0.0956. The molecule has 14 rings (SSSR count). The highest BCUT2D eigenvalue weighted by atomic mass is 32.1. The molecule has 1 nitrogen and oxygen atoms in total. The zero-order valence-corrected chi connectivity index (χ0v) is 38.6. The molecule has 0 spiro atoms. The molecule has 0 saturated heterocycles. The number of fused-ring (bicyclic) bond motifs is 15. The van der Waals surface area contributed by atoms with Crippen molar-refractivity contribution in [2.45, 2.75) is 0 Å². The zero-order valence-electron chi connectivity index (χ0n) is 35.0. The van der Waals surface area contributed by atoms with Crippen LogP contribution in [0.15, 0.2) is 224 Å².